The first-order valence-electron chi connectivity index (χ1n) is 4.57. The van der Waals surface area contributed by atoms with Crippen molar-refractivity contribution >= 4 is 0 Å². The van der Waals surface area contributed by atoms with E-state index in [2.05, 4.69) is 44.9 Å². The molecule has 1 heteroatoms. The molecule has 1 aliphatic rings. The van der Waals surface area contributed by atoms with Crippen LogP contribution in [0.15, 0.2) is 12.3 Å². The van der Waals surface area contributed by atoms with E-state index in [9.17, 15) is 0 Å². The van der Waals surface area contributed by atoms with Gasteiger partial charge in [-0.1, -0.05) is 19.9 Å². The van der Waals surface area contributed by atoms with Crippen molar-refractivity contribution in [3.8, 4) is 0 Å². The molecule has 0 saturated heterocycles. The molecule has 0 radical (unpaired) electrons. The normalized spacial score (nSPS) is 24.2. The van der Waals surface area contributed by atoms with Gasteiger partial charge in [0.05, 0.1) is 0 Å². The number of hydrogen-bond acceptors (Lipinski definition) is 1. The van der Waals surface area contributed by atoms with Gasteiger partial charge in [0.25, 0.3) is 0 Å². The lowest BCUT2D eigenvalue weighted by atomic mass is 10.0. The van der Waals surface area contributed by atoms with E-state index in [1.54, 1.807) is 0 Å². The van der Waals surface area contributed by atoms with Gasteiger partial charge in [0, 0.05) is 12.1 Å². The molecule has 0 fully saturated rings. The summed E-state index contributed by atoms with van der Waals surface area (Å²) < 4.78 is 0. The SMILES string of the molecule is CC(C)C1CC=CN1C(C)C. The molecule has 0 aromatic heterocycles. The Morgan fingerprint density at radius 3 is 2.27 bits per heavy atom. The van der Waals surface area contributed by atoms with Crippen molar-refractivity contribution < 1.29 is 0 Å². The predicted octanol–water partition coefficient (Wildman–Crippen LogP) is 2.64. The molecule has 64 valence electrons. The lowest BCUT2D eigenvalue weighted by molar-refractivity contribution is 0.201. The standard InChI is InChI=1S/C10H19N/c1-8(2)10-6-5-7-11(10)9(3)4/h5,7-10H,6H2,1-4H3. The van der Waals surface area contributed by atoms with Crippen molar-refractivity contribution in [3.63, 3.8) is 0 Å². The van der Waals surface area contributed by atoms with E-state index in [0.29, 0.717) is 6.04 Å². The topological polar surface area (TPSA) is 3.24 Å². The summed E-state index contributed by atoms with van der Waals surface area (Å²) in [5.41, 5.74) is 0. The van der Waals surface area contributed by atoms with E-state index in [0.717, 1.165) is 12.0 Å². The Balaban J connectivity index is 2.56. The first-order valence-corrected chi connectivity index (χ1v) is 4.57. The minimum Gasteiger partial charge on any atom is -0.372 e. The summed E-state index contributed by atoms with van der Waals surface area (Å²) in [6.45, 7) is 9.11. The molecule has 0 amide bonds. The van der Waals surface area contributed by atoms with Gasteiger partial charge in [0.1, 0.15) is 0 Å². The summed E-state index contributed by atoms with van der Waals surface area (Å²) in [4.78, 5) is 2.46. The van der Waals surface area contributed by atoms with E-state index in [1.165, 1.54) is 6.42 Å². The molecule has 1 nitrogen and oxygen atoms in total. The molecule has 11 heavy (non-hydrogen) atoms. The Hall–Kier alpha value is -0.460. The van der Waals surface area contributed by atoms with Crippen LogP contribution in [-0.4, -0.2) is 17.0 Å². The molecule has 0 aromatic carbocycles. The van der Waals surface area contributed by atoms with Crippen molar-refractivity contribution in [2.24, 2.45) is 5.92 Å². The summed E-state index contributed by atoms with van der Waals surface area (Å²) in [6, 6.07) is 1.40. The van der Waals surface area contributed by atoms with E-state index in [4.69, 9.17) is 0 Å². The molecule has 0 bridgehead atoms. The molecule has 0 spiro atoms. The van der Waals surface area contributed by atoms with Gasteiger partial charge in [-0.25, -0.2) is 0 Å². The highest BCUT2D eigenvalue weighted by Crippen LogP contribution is 2.23. The predicted molar refractivity (Wildman–Crippen MR) is 49.4 cm³/mol. The molecule has 0 saturated carbocycles. The summed E-state index contributed by atoms with van der Waals surface area (Å²) in [5.74, 6) is 0.771. The lowest BCUT2D eigenvalue weighted by Gasteiger charge is -2.32. The van der Waals surface area contributed by atoms with Gasteiger partial charge in [-0.05, 0) is 32.4 Å². The van der Waals surface area contributed by atoms with Crippen molar-refractivity contribution in [1.29, 1.82) is 0 Å². The molecular weight excluding hydrogens is 134 g/mol. The zero-order chi connectivity index (χ0) is 8.43. The lowest BCUT2D eigenvalue weighted by Crippen LogP contribution is -2.36. The second-order valence-electron chi connectivity index (χ2n) is 3.97. The zero-order valence-electron chi connectivity index (χ0n) is 8.04. The molecular formula is C10H19N. The smallest absolute Gasteiger partial charge is 0.0345 e. The van der Waals surface area contributed by atoms with E-state index < -0.39 is 0 Å². The van der Waals surface area contributed by atoms with Crippen molar-refractivity contribution in [3.05, 3.63) is 12.3 Å². The Bertz CT molecular complexity index is 147. The second kappa shape index (κ2) is 3.29. The monoisotopic (exact) mass is 153 g/mol. The fourth-order valence-electron chi connectivity index (χ4n) is 1.73. The molecule has 0 aliphatic carbocycles. The quantitative estimate of drug-likeness (QED) is 0.589. The number of rotatable bonds is 2. The largest absolute Gasteiger partial charge is 0.372 e. The summed E-state index contributed by atoms with van der Waals surface area (Å²) in [5, 5.41) is 0. The third kappa shape index (κ3) is 1.76. The summed E-state index contributed by atoms with van der Waals surface area (Å²) in [6.07, 6.45) is 5.76. The summed E-state index contributed by atoms with van der Waals surface area (Å²) in [7, 11) is 0. The van der Waals surface area contributed by atoms with Crippen LogP contribution in [0.5, 0.6) is 0 Å². The molecule has 0 N–H and O–H groups in total. The molecule has 1 atom stereocenters. The highest BCUT2D eigenvalue weighted by Gasteiger charge is 2.23. The average molecular weight is 153 g/mol. The molecule has 1 rings (SSSR count). The Kier molecular flexibility index (Phi) is 2.58. The maximum Gasteiger partial charge on any atom is 0.0345 e. The van der Waals surface area contributed by atoms with Gasteiger partial charge in [-0.3, -0.25) is 0 Å². The van der Waals surface area contributed by atoms with Crippen LogP contribution in [0.1, 0.15) is 34.1 Å². The second-order valence-corrected chi connectivity index (χ2v) is 3.97. The van der Waals surface area contributed by atoms with Crippen LogP contribution < -0.4 is 0 Å². The van der Waals surface area contributed by atoms with E-state index in [1.807, 2.05) is 0 Å². The highest BCUT2D eigenvalue weighted by molar-refractivity contribution is 5.00. The van der Waals surface area contributed by atoms with Crippen molar-refractivity contribution in [2.45, 2.75) is 46.2 Å². The molecule has 1 aliphatic heterocycles. The minimum atomic E-state index is 0.654. The van der Waals surface area contributed by atoms with E-state index >= 15 is 0 Å². The Labute approximate surface area is 70.1 Å². The van der Waals surface area contributed by atoms with Gasteiger partial charge in [0.15, 0.2) is 0 Å². The summed E-state index contributed by atoms with van der Waals surface area (Å²) >= 11 is 0. The highest BCUT2D eigenvalue weighted by atomic mass is 15.2. The third-order valence-electron chi connectivity index (χ3n) is 2.40. The van der Waals surface area contributed by atoms with Gasteiger partial charge in [0.2, 0.25) is 0 Å². The van der Waals surface area contributed by atoms with Crippen LogP contribution >= 0.6 is 0 Å². The number of nitrogens with zero attached hydrogens (tertiary/aromatic N) is 1. The van der Waals surface area contributed by atoms with Gasteiger partial charge < -0.3 is 4.90 Å². The Morgan fingerprint density at radius 2 is 1.91 bits per heavy atom. The van der Waals surface area contributed by atoms with Crippen LogP contribution in [0, 0.1) is 5.92 Å². The minimum absolute atomic E-state index is 0.654. The first kappa shape index (κ1) is 8.63. The van der Waals surface area contributed by atoms with Crippen LogP contribution in [0.2, 0.25) is 0 Å². The molecule has 0 aromatic rings. The van der Waals surface area contributed by atoms with Crippen molar-refractivity contribution in [1.82, 2.24) is 4.90 Å². The molecule has 1 heterocycles. The zero-order valence-corrected chi connectivity index (χ0v) is 8.04. The van der Waals surface area contributed by atoms with Crippen LogP contribution in [0.25, 0.3) is 0 Å². The van der Waals surface area contributed by atoms with Crippen LogP contribution in [0.3, 0.4) is 0 Å². The first-order chi connectivity index (χ1) is 5.13. The fraction of sp³-hybridized carbons (Fsp3) is 0.800. The van der Waals surface area contributed by atoms with E-state index in [-0.39, 0.29) is 0 Å². The van der Waals surface area contributed by atoms with Gasteiger partial charge in [-0.15, -0.1) is 0 Å². The van der Waals surface area contributed by atoms with Gasteiger partial charge >= 0.3 is 0 Å². The fourth-order valence-corrected chi connectivity index (χ4v) is 1.73. The van der Waals surface area contributed by atoms with Crippen LogP contribution in [-0.2, 0) is 0 Å². The molecule has 1 unspecified atom stereocenters. The van der Waals surface area contributed by atoms with Gasteiger partial charge in [-0.2, -0.15) is 0 Å². The van der Waals surface area contributed by atoms with Crippen molar-refractivity contribution in [2.75, 3.05) is 0 Å². The maximum absolute atomic E-state index is 2.46. The average Bonchev–Trinajstić information content (AvgIpc) is 2.32. The maximum atomic E-state index is 2.46. The Morgan fingerprint density at radius 1 is 1.27 bits per heavy atom. The third-order valence-corrected chi connectivity index (χ3v) is 2.40. The van der Waals surface area contributed by atoms with Crippen LogP contribution in [0.4, 0.5) is 0 Å². The number of hydrogen-bond donors (Lipinski definition) is 0.